The molecule has 0 amide bonds. The molecule has 2 rings (SSSR count). The van der Waals surface area contributed by atoms with E-state index in [0.717, 1.165) is 24.3 Å². The van der Waals surface area contributed by atoms with Crippen LogP contribution in [-0.4, -0.2) is 0 Å². The molecule has 0 N–H and O–H groups in total. The van der Waals surface area contributed by atoms with Gasteiger partial charge in [-0.05, 0) is 48.3 Å². The minimum atomic E-state index is -4.23. The number of alkyl halides is 3. The quantitative estimate of drug-likeness (QED) is 0.635. The van der Waals surface area contributed by atoms with Gasteiger partial charge in [-0.1, -0.05) is 45.2 Å². The first kappa shape index (κ1) is 15.4. The number of aryl methyl sites for hydroxylation is 1. The van der Waals surface area contributed by atoms with E-state index in [9.17, 15) is 13.2 Å². The van der Waals surface area contributed by atoms with Crippen LogP contribution in [0.4, 0.5) is 13.2 Å². The van der Waals surface area contributed by atoms with Gasteiger partial charge in [-0.3, -0.25) is 0 Å². The van der Waals surface area contributed by atoms with Crippen LogP contribution in [0.3, 0.4) is 0 Å². The van der Waals surface area contributed by atoms with E-state index in [4.69, 9.17) is 0 Å². The zero-order valence-corrected chi connectivity index (χ0v) is 12.3. The molecular formula is C17H23F3. The highest BCUT2D eigenvalue weighted by atomic mass is 19.4. The molecular weight excluding hydrogens is 261 g/mol. The fourth-order valence-electron chi connectivity index (χ4n) is 2.92. The maximum atomic E-state index is 12.5. The van der Waals surface area contributed by atoms with Crippen LogP contribution in [-0.2, 0) is 12.6 Å². The Labute approximate surface area is 119 Å². The first-order chi connectivity index (χ1) is 9.26. The SMILES string of the molecule is CC(C)(CCc1ccc(C(F)(F)F)cc1)CC1CCC1. The van der Waals surface area contributed by atoms with Crippen molar-refractivity contribution in [1.82, 2.24) is 0 Å². The fraction of sp³-hybridized carbons (Fsp3) is 0.647. The molecule has 0 bridgehead atoms. The van der Waals surface area contributed by atoms with Gasteiger partial charge in [0.2, 0.25) is 0 Å². The molecule has 1 aliphatic carbocycles. The van der Waals surface area contributed by atoms with E-state index in [0.29, 0.717) is 0 Å². The standard InChI is InChI=1S/C17H23F3/c1-16(2,12-14-4-3-5-14)11-10-13-6-8-15(9-7-13)17(18,19)20/h6-9,14H,3-5,10-12H2,1-2H3. The number of hydrogen-bond donors (Lipinski definition) is 0. The van der Waals surface area contributed by atoms with Gasteiger partial charge in [0.15, 0.2) is 0 Å². The zero-order chi connectivity index (χ0) is 14.8. The van der Waals surface area contributed by atoms with Gasteiger partial charge < -0.3 is 0 Å². The predicted octanol–water partition coefficient (Wildman–Crippen LogP) is 5.85. The molecule has 0 nitrogen and oxygen atoms in total. The Hall–Kier alpha value is -0.990. The summed E-state index contributed by atoms with van der Waals surface area (Å²) in [4.78, 5) is 0. The van der Waals surface area contributed by atoms with E-state index in [2.05, 4.69) is 13.8 Å². The van der Waals surface area contributed by atoms with Crippen LogP contribution < -0.4 is 0 Å². The Kier molecular flexibility index (Phi) is 4.46. The molecule has 0 spiro atoms. The number of benzene rings is 1. The molecule has 1 aromatic carbocycles. The Morgan fingerprint density at radius 3 is 2.10 bits per heavy atom. The van der Waals surface area contributed by atoms with Crippen molar-refractivity contribution in [2.24, 2.45) is 11.3 Å². The van der Waals surface area contributed by atoms with Crippen LogP contribution in [0.1, 0.15) is 57.1 Å². The highest BCUT2D eigenvalue weighted by Gasteiger charge is 2.30. The Morgan fingerprint density at radius 2 is 1.65 bits per heavy atom. The summed E-state index contributed by atoms with van der Waals surface area (Å²) in [7, 11) is 0. The lowest BCUT2D eigenvalue weighted by atomic mass is 9.71. The minimum absolute atomic E-state index is 0.286. The second kappa shape index (κ2) is 5.79. The highest BCUT2D eigenvalue weighted by molar-refractivity contribution is 5.24. The van der Waals surface area contributed by atoms with Crippen LogP contribution in [0.15, 0.2) is 24.3 Å². The summed E-state index contributed by atoms with van der Waals surface area (Å²) in [6, 6.07) is 5.60. The molecule has 0 saturated heterocycles. The largest absolute Gasteiger partial charge is 0.416 e. The molecule has 0 aliphatic heterocycles. The van der Waals surface area contributed by atoms with Gasteiger partial charge in [-0.25, -0.2) is 0 Å². The summed E-state index contributed by atoms with van der Waals surface area (Å²) in [5, 5.41) is 0. The van der Waals surface area contributed by atoms with Gasteiger partial charge in [-0.15, -0.1) is 0 Å². The number of rotatable bonds is 5. The van der Waals surface area contributed by atoms with Crippen LogP contribution in [0.5, 0.6) is 0 Å². The van der Waals surface area contributed by atoms with Crippen molar-refractivity contribution in [3.8, 4) is 0 Å². The molecule has 0 atom stereocenters. The molecule has 1 fully saturated rings. The van der Waals surface area contributed by atoms with Gasteiger partial charge in [0.25, 0.3) is 0 Å². The number of hydrogen-bond acceptors (Lipinski definition) is 0. The van der Waals surface area contributed by atoms with E-state index in [1.807, 2.05) is 0 Å². The van der Waals surface area contributed by atoms with E-state index in [-0.39, 0.29) is 5.41 Å². The summed E-state index contributed by atoms with van der Waals surface area (Å²) in [6.45, 7) is 4.55. The van der Waals surface area contributed by atoms with Crippen molar-refractivity contribution in [2.45, 2.75) is 58.5 Å². The van der Waals surface area contributed by atoms with E-state index in [1.165, 1.54) is 37.8 Å². The van der Waals surface area contributed by atoms with Crippen LogP contribution >= 0.6 is 0 Å². The molecule has 0 aromatic heterocycles. The lowest BCUT2D eigenvalue weighted by molar-refractivity contribution is -0.137. The molecule has 0 radical (unpaired) electrons. The normalized spacial score (nSPS) is 17.1. The summed E-state index contributed by atoms with van der Waals surface area (Å²) in [6.07, 6.45) is 2.97. The lowest BCUT2D eigenvalue weighted by Gasteiger charge is -2.34. The zero-order valence-electron chi connectivity index (χ0n) is 12.3. The summed E-state index contributed by atoms with van der Waals surface area (Å²) >= 11 is 0. The highest BCUT2D eigenvalue weighted by Crippen LogP contribution is 2.39. The maximum Gasteiger partial charge on any atom is 0.416 e. The van der Waals surface area contributed by atoms with Gasteiger partial charge in [0.05, 0.1) is 5.56 Å². The van der Waals surface area contributed by atoms with Crippen molar-refractivity contribution in [3.05, 3.63) is 35.4 Å². The Balaban J connectivity index is 1.86. The van der Waals surface area contributed by atoms with Gasteiger partial charge in [0.1, 0.15) is 0 Å². The molecule has 1 aromatic rings. The first-order valence-electron chi connectivity index (χ1n) is 7.42. The van der Waals surface area contributed by atoms with Gasteiger partial charge in [0, 0.05) is 0 Å². The second-order valence-electron chi connectivity index (χ2n) is 6.86. The fourth-order valence-corrected chi connectivity index (χ4v) is 2.92. The number of halogens is 3. The third-order valence-corrected chi connectivity index (χ3v) is 4.44. The average Bonchev–Trinajstić information content (AvgIpc) is 2.31. The lowest BCUT2D eigenvalue weighted by Crippen LogP contribution is -2.22. The van der Waals surface area contributed by atoms with Crippen molar-refractivity contribution < 1.29 is 13.2 Å². The van der Waals surface area contributed by atoms with E-state index in [1.54, 1.807) is 12.1 Å². The van der Waals surface area contributed by atoms with E-state index >= 15 is 0 Å². The van der Waals surface area contributed by atoms with Gasteiger partial charge in [-0.2, -0.15) is 13.2 Å². The van der Waals surface area contributed by atoms with Crippen LogP contribution in [0, 0.1) is 11.3 Å². The molecule has 3 heteroatoms. The second-order valence-corrected chi connectivity index (χ2v) is 6.86. The van der Waals surface area contributed by atoms with Crippen molar-refractivity contribution in [3.63, 3.8) is 0 Å². The molecule has 0 heterocycles. The van der Waals surface area contributed by atoms with Gasteiger partial charge >= 0.3 is 6.18 Å². The molecule has 0 unspecified atom stereocenters. The topological polar surface area (TPSA) is 0 Å². The monoisotopic (exact) mass is 284 g/mol. The summed E-state index contributed by atoms with van der Waals surface area (Å²) in [5.74, 6) is 0.873. The average molecular weight is 284 g/mol. The maximum absolute atomic E-state index is 12.5. The summed E-state index contributed by atoms with van der Waals surface area (Å²) < 4.78 is 37.5. The Morgan fingerprint density at radius 1 is 1.05 bits per heavy atom. The van der Waals surface area contributed by atoms with Crippen molar-refractivity contribution in [1.29, 1.82) is 0 Å². The predicted molar refractivity (Wildman–Crippen MR) is 75.5 cm³/mol. The Bertz CT molecular complexity index is 425. The third-order valence-electron chi connectivity index (χ3n) is 4.44. The molecule has 1 saturated carbocycles. The van der Waals surface area contributed by atoms with Crippen molar-refractivity contribution >= 4 is 0 Å². The van der Waals surface area contributed by atoms with Crippen LogP contribution in [0.2, 0.25) is 0 Å². The first-order valence-corrected chi connectivity index (χ1v) is 7.42. The molecule has 112 valence electrons. The van der Waals surface area contributed by atoms with Crippen LogP contribution in [0.25, 0.3) is 0 Å². The summed E-state index contributed by atoms with van der Waals surface area (Å²) in [5.41, 5.74) is 0.725. The minimum Gasteiger partial charge on any atom is -0.166 e. The third kappa shape index (κ3) is 4.26. The van der Waals surface area contributed by atoms with Crippen molar-refractivity contribution in [2.75, 3.05) is 0 Å². The molecule has 1 aliphatic rings. The van der Waals surface area contributed by atoms with E-state index < -0.39 is 11.7 Å². The molecule has 20 heavy (non-hydrogen) atoms. The smallest absolute Gasteiger partial charge is 0.166 e.